The number of nitro groups is 1. The van der Waals surface area contributed by atoms with Crippen LogP contribution in [-0.2, 0) is 4.79 Å². The Labute approximate surface area is 125 Å². The van der Waals surface area contributed by atoms with Crippen LogP contribution in [0.4, 0.5) is 5.69 Å². The van der Waals surface area contributed by atoms with Gasteiger partial charge in [0.05, 0.1) is 23.7 Å². The topological polar surface area (TPSA) is 107 Å². The number of furan rings is 1. The first-order valence-corrected chi connectivity index (χ1v) is 6.33. The van der Waals surface area contributed by atoms with Crippen LogP contribution in [0.5, 0.6) is 5.75 Å². The van der Waals surface area contributed by atoms with Crippen molar-refractivity contribution in [3.63, 3.8) is 0 Å². The zero-order valence-corrected chi connectivity index (χ0v) is 11.6. The number of hydrogen-bond acceptors (Lipinski definition) is 6. The van der Waals surface area contributed by atoms with E-state index in [2.05, 4.69) is 10.5 Å². The highest BCUT2D eigenvalue weighted by atomic mass is 16.6. The van der Waals surface area contributed by atoms with E-state index >= 15 is 0 Å². The number of carbonyl (C=O) groups is 1. The van der Waals surface area contributed by atoms with Gasteiger partial charge in [-0.05, 0) is 19.1 Å². The largest absolute Gasteiger partial charge is 0.474 e. The molecule has 0 aliphatic carbocycles. The number of nitro benzene ring substituents is 1. The van der Waals surface area contributed by atoms with Crippen molar-refractivity contribution in [2.75, 3.05) is 0 Å². The van der Waals surface area contributed by atoms with E-state index in [1.807, 2.05) is 0 Å². The predicted molar refractivity (Wildman–Crippen MR) is 77.6 cm³/mol. The molecule has 2 aromatic rings. The maximum absolute atomic E-state index is 11.8. The molecule has 8 heteroatoms. The van der Waals surface area contributed by atoms with Gasteiger partial charge < -0.3 is 9.15 Å². The third kappa shape index (κ3) is 3.92. The van der Waals surface area contributed by atoms with E-state index in [0.29, 0.717) is 5.56 Å². The highest BCUT2D eigenvalue weighted by molar-refractivity contribution is 5.84. The summed E-state index contributed by atoms with van der Waals surface area (Å²) < 4.78 is 10.2. The van der Waals surface area contributed by atoms with Gasteiger partial charge in [-0.3, -0.25) is 14.9 Å². The fraction of sp³-hybridized carbons (Fsp3) is 0.143. The van der Waals surface area contributed by atoms with Crippen molar-refractivity contribution in [3.8, 4) is 5.75 Å². The normalized spacial score (nSPS) is 12.0. The van der Waals surface area contributed by atoms with Crippen LogP contribution in [0.1, 0.15) is 12.5 Å². The molecule has 0 saturated heterocycles. The molecule has 0 aliphatic heterocycles. The van der Waals surface area contributed by atoms with Crippen molar-refractivity contribution in [2.24, 2.45) is 5.10 Å². The van der Waals surface area contributed by atoms with Crippen LogP contribution in [0.15, 0.2) is 52.4 Å². The first kappa shape index (κ1) is 15.2. The Hall–Kier alpha value is -3.16. The van der Waals surface area contributed by atoms with E-state index in [1.165, 1.54) is 43.9 Å². The van der Waals surface area contributed by atoms with Gasteiger partial charge in [0.1, 0.15) is 0 Å². The molecule has 114 valence electrons. The predicted octanol–water partition coefficient (Wildman–Crippen LogP) is 2.11. The third-order valence-corrected chi connectivity index (χ3v) is 2.67. The Kier molecular flexibility index (Phi) is 4.86. The SMILES string of the molecule is CC(Oc1ccccc1[N+](=O)[O-])C(=O)N/N=C/c1ccoc1. The Morgan fingerprint density at radius 1 is 1.45 bits per heavy atom. The fourth-order valence-corrected chi connectivity index (χ4v) is 1.56. The van der Waals surface area contributed by atoms with Crippen LogP contribution in [0.3, 0.4) is 0 Å². The smallest absolute Gasteiger partial charge is 0.310 e. The molecule has 1 N–H and O–H groups in total. The number of rotatable bonds is 6. The molecule has 1 atom stereocenters. The zero-order valence-electron chi connectivity index (χ0n) is 11.6. The number of nitrogens with zero attached hydrogens (tertiary/aromatic N) is 2. The summed E-state index contributed by atoms with van der Waals surface area (Å²) in [5.74, 6) is -0.508. The molecule has 22 heavy (non-hydrogen) atoms. The second-order valence-corrected chi connectivity index (χ2v) is 4.28. The lowest BCUT2D eigenvalue weighted by Crippen LogP contribution is -2.33. The lowest BCUT2D eigenvalue weighted by atomic mass is 10.3. The maximum Gasteiger partial charge on any atom is 0.310 e. The van der Waals surface area contributed by atoms with E-state index in [0.717, 1.165) is 0 Å². The highest BCUT2D eigenvalue weighted by Gasteiger charge is 2.20. The second-order valence-electron chi connectivity index (χ2n) is 4.28. The van der Waals surface area contributed by atoms with E-state index in [9.17, 15) is 14.9 Å². The first-order valence-electron chi connectivity index (χ1n) is 6.33. The molecule has 1 amide bonds. The number of para-hydroxylation sites is 2. The van der Waals surface area contributed by atoms with Crippen LogP contribution < -0.4 is 10.2 Å². The quantitative estimate of drug-likeness (QED) is 0.499. The molecule has 0 aliphatic rings. The highest BCUT2D eigenvalue weighted by Crippen LogP contribution is 2.26. The van der Waals surface area contributed by atoms with Crippen molar-refractivity contribution >= 4 is 17.8 Å². The van der Waals surface area contributed by atoms with Crippen molar-refractivity contribution in [3.05, 3.63) is 58.5 Å². The minimum absolute atomic E-state index is 0.0222. The van der Waals surface area contributed by atoms with Gasteiger partial charge in [-0.25, -0.2) is 5.43 Å². The molecular weight excluding hydrogens is 290 g/mol. The number of hydrogen-bond donors (Lipinski definition) is 1. The molecule has 8 nitrogen and oxygen atoms in total. The molecule has 0 fully saturated rings. The fourth-order valence-electron chi connectivity index (χ4n) is 1.56. The number of carbonyl (C=O) groups excluding carboxylic acids is 1. The van der Waals surface area contributed by atoms with E-state index in [-0.39, 0.29) is 11.4 Å². The summed E-state index contributed by atoms with van der Waals surface area (Å²) in [7, 11) is 0. The van der Waals surface area contributed by atoms with E-state index < -0.39 is 16.9 Å². The lowest BCUT2D eigenvalue weighted by molar-refractivity contribution is -0.386. The van der Waals surface area contributed by atoms with Gasteiger partial charge in [0.15, 0.2) is 11.9 Å². The average molecular weight is 303 g/mol. The average Bonchev–Trinajstić information content (AvgIpc) is 3.00. The molecule has 1 aromatic heterocycles. The summed E-state index contributed by atoms with van der Waals surface area (Å²) in [6.45, 7) is 1.47. The molecule has 2 rings (SSSR count). The van der Waals surface area contributed by atoms with Gasteiger partial charge in [0.25, 0.3) is 5.91 Å². The molecule has 0 spiro atoms. The monoisotopic (exact) mass is 303 g/mol. The van der Waals surface area contributed by atoms with Gasteiger partial charge in [-0.15, -0.1) is 0 Å². The first-order chi connectivity index (χ1) is 10.6. The van der Waals surface area contributed by atoms with Gasteiger partial charge in [-0.2, -0.15) is 5.10 Å². The summed E-state index contributed by atoms with van der Waals surface area (Å²) in [4.78, 5) is 22.1. The van der Waals surface area contributed by atoms with Crippen LogP contribution in [0.25, 0.3) is 0 Å². The molecule has 1 unspecified atom stereocenters. The van der Waals surface area contributed by atoms with Crippen LogP contribution in [-0.4, -0.2) is 23.1 Å². The van der Waals surface area contributed by atoms with Crippen LogP contribution >= 0.6 is 0 Å². The van der Waals surface area contributed by atoms with Crippen molar-refractivity contribution in [1.82, 2.24) is 5.43 Å². The Morgan fingerprint density at radius 3 is 2.91 bits per heavy atom. The lowest BCUT2D eigenvalue weighted by Gasteiger charge is -2.12. The van der Waals surface area contributed by atoms with Gasteiger partial charge in [-0.1, -0.05) is 12.1 Å². The molecule has 1 heterocycles. The van der Waals surface area contributed by atoms with Gasteiger partial charge in [0, 0.05) is 11.6 Å². The van der Waals surface area contributed by atoms with Crippen LogP contribution in [0, 0.1) is 10.1 Å². The number of ether oxygens (including phenoxy) is 1. The van der Waals surface area contributed by atoms with Crippen molar-refractivity contribution in [2.45, 2.75) is 13.0 Å². The molecule has 0 saturated carbocycles. The number of benzene rings is 1. The Morgan fingerprint density at radius 2 is 2.23 bits per heavy atom. The van der Waals surface area contributed by atoms with Crippen LogP contribution in [0.2, 0.25) is 0 Å². The Bertz CT molecular complexity index is 682. The molecule has 0 radical (unpaired) electrons. The van der Waals surface area contributed by atoms with Crippen molar-refractivity contribution in [1.29, 1.82) is 0 Å². The summed E-state index contributed by atoms with van der Waals surface area (Å²) >= 11 is 0. The molecule has 1 aromatic carbocycles. The minimum atomic E-state index is -0.942. The number of amides is 1. The molecular formula is C14H13N3O5. The number of hydrazone groups is 1. The zero-order chi connectivity index (χ0) is 15.9. The summed E-state index contributed by atoms with van der Waals surface area (Å²) in [5.41, 5.74) is 2.77. The summed E-state index contributed by atoms with van der Waals surface area (Å²) in [6.07, 6.45) is 3.40. The third-order valence-electron chi connectivity index (χ3n) is 2.67. The minimum Gasteiger partial charge on any atom is -0.474 e. The Balaban J connectivity index is 1.95. The summed E-state index contributed by atoms with van der Waals surface area (Å²) in [5, 5.41) is 14.6. The van der Waals surface area contributed by atoms with Gasteiger partial charge >= 0.3 is 5.69 Å². The number of nitrogens with one attached hydrogen (secondary N) is 1. The summed E-state index contributed by atoms with van der Waals surface area (Å²) in [6, 6.07) is 7.51. The second kappa shape index (κ2) is 7.02. The standard InChI is InChI=1S/C14H13N3O5/c1-10(14(18)16-15-8-11-6-7-21-9-11)22-13-5-3-2-4-12(13)17(19)20/h2-10H,1H3,(H,16,18)/b15-8+. The van der Waals surface area contributed by atoms with E-state index in [4.69, 9.17) is 9.15 Å². The van der Waals surface area contributed by atoms with Crippen molar-refractivity contribution < 1.29 is 18.9 Å². The van der Waals surface area contributed by atoms with E-state index in [1.54, 1.807) is 12.1 Å². The van der Waals surface area contributed by atoms with Gasteiger partial charge in [0.2, 0.25) is 0 Å². The molecule has 0 bridgehead atoms. The maximum atomic E-state index is 11.8.